The second kappa shape index (κ2) is 8.33. The van der Waals surface area contributed by atoms with Gasteiger partial charge < -0.3 is 20.1 Å². The molecule has 1 amide bonds. The maximum Gasteiger partial charge on any atom is 0.410 e. The van der Waals surface area contributed by atoms with Crippen LogP contribution in [0.4, 0.5) is 4.79 Å². The van der Waals surface area contributed by atoms with Crippen molar-refractivity contribution in [2.75, 3.05) is 26.2 Å². The molecule has 0 atom stereocenters. The van der Waals surface area contributed by atoms with Crippen molar-refractivity contribution in [3.63, 3.8) is 0 Å². The first kappa shape index (κ1) is 17.9. The van der Waals surface area contributed by atoms with Gasteiger partial charge in [0.05, 0.1) is 0 Å². The SMILES string of the molecule is CC(C)(C)OC(=O)N1CCNCC1.O=C(O)c1ccccn1. The topological polar surface area (TPSA) is 91.8 Å². The summed E-state index contributed by atoms with van der Waals surface area (Å²) < 4.78 is 5.24. The number of carbonyl (C=O) groups is 2. The van der Waals surface area contributed by atoms with E-state index in [0.29, 0.717) is 0 Å². The molecule has 1 aromatic rings. The highest BCUT2D eigenvalue weighted by atomic mass is 16.6. The molecule has 0 aromatic carbocycles. The van der Waals surface area contributed by atoms with Crippen LogP contribution in [0.5, 0.6) is 0 Å². The Kier molecular flexibility index (Phi) is 6.78. The van der Waals surface area contributed by atoms with Crippen molar-refractivity contribution in [2.45, 2.75) is 26.4 Å². The molecule has 2 heterocycles. The van der Waals surface area contributed by atoms with Crippen LogP contribution in [0.25, 0.3) is 0 Å². The fourth-order valence-electron chi connectivity index (χ4n) is 1.66. The van der Waals surface area contributed by atoms with Gasteiger partial charge in [-0.1, -0.05) is 6.07 Å². The Bertz CT molecular complexity index is 479. The molecule has 1 aliphatic heterocycles. The van der Waals surface area contributed by atoms with E-state index in [1.54, 1.807) is 17.0 Å². The van der Waals surface area contributed by atoms with Gasteiger partial charge in [0.25, 0.3) is 0 Å². The number of carboxylic acid groups (broad SMARTS) is 1. The number of amides is 1. The zero-order chi connectivity index (χ0) is 16.6. The van der Waals surface area contributed by atoms with Crippen molar-refractivity contribution in [1.29, 1.82) is 0 Å². The highest BCUT2D eigenvalue weighted by Crippen LogP contribution is 2.09. The third-order valence-electron chi connectivity index (χ3n) is 2.65. The normalized spacial score (nSPS) is 14.6. The molecule has 22 heavy (non-hydrogen) atoms. The quantitative estimate of drug-likeness (QED) is 0.819. The van der Waals surface area contributed by atoms with Crippen LogP contribution in [-0.2, 0) is 4.74 Å². The zero-order valence-corrected chi connectivity index (χ0v) is 13.2. The van der Waals surface area contributed by atoms with E-state index in [0.717, 1.165) is 26.2 Å². The Labute approximate surface area is 130 Å². The Morgan fingerprint density at radius 1 is 1.27 bits per heavy atom. The summed E-state index contributed by atoms with van der Waals surface area (Å²) in [5, 5.41) is 11.5. The predicted molar refractivity (Wildman–Crippen MR) is 81.9 cm³/mol. The van der Waals surface area contributed by atoms with Crippen molar-refractivity contribution in [2.24, 2.45) is 0 Å². The van der Waals surface area contributed by atoms with E-state index in [1.165, 1.54) is 12.3 Å². The molecule has 122 valence electrons. The number of ether oxygens (including phenoxy) is 1. The van der Waals surface area contributed by atoms with Gasteiger partial charge in [0.1, 0.15) is 11.3 Å². The molecule has 0 saturated carbocycles. The first-order valence-electron chi connectivity index (χ1n) is 7.12. The second-order valence-electron chi connectivity index (χ2n) is 5.74. The van der Waals surface area contributed by atoms with E-state index in [-0.39, 0.29) is 17.4 Å². The van der Waals surface area contributed by atoms with E-state index in [1.807, 2.05) is 20.8 Å². The van der Waals surface area contributed by atoms with E-state index >= 15 is 0 Å². The number of pyridine rings is 1. The van der Waals surface area contributed by atoms with Crippen LogP contribution in [0.1, 0.15) is 31.3 Å². The largest absolute Gasteiger partial charge is 0.477 e. The summed E-state index contributed by atoms with van der Waals surface area (Å²) in [7, 11) is 0. The molecule has 1 aliphatic rings. The van der Waals surface area contributed by atoms with Gasteiger partial charge in [0, 0.05) is 32.4 Å². The van der Waals surface area contributed by atoms with Crippen LogP contribution in [-0.4, -0.2) is 58.8 Å². The van der Waals surface area contributed by atoms with Crippen molar-refractivity contribution < 1.29 is 19.4 Å². The molecule has 7 heteroatoms. The summed E-state index contributed by atoms with van der Waals surface area (Å²) in [6.07, 6.45) is 1.25. The molecule has 0 aliphatic carbocycles. The van der Waals surface area contributed by atoms with Crippen LogP contribution in [0.3, 0.4) is 0 Å². The van der Waals surface area contributed by atoms with Gasteiger partial charge in [-0.3, -0.25) is 0 Å². The van der Waals surface area contributed by atoms with Crippen LogP contribution in [0.2, 0.25) is 0 Å². The number of aromatic nitrogens is 1. The molecule has 1 saturated heterocycles. The van der Waals surface area contributed by atoms with Crippen molar-refractivity contribution in [3.05, 3.63) is 30.1 Å². The van der Waals surface area contributed by atoms with Gasteiger partial charge in [-0.05, 0) is 32.9 Å². The number of aromatic carboxylic acids is 1. The van der Waals surface area contributed by atoms with Crippen LogP contribution < -0.4 is 5.32 Å². The number of nitrogens with zero attached hydrogens (tertiary/aromatic N) is 2. The maximum absolute atomic E-state index is 11.5. The zero-order valence-electron chi connectivity index (χ0n) is 13.2. The number of carbonyl (C=O) groups excluding carboxylic acids is 1. The van der Waals surface area contributed by atoms with Gasteiger partial charge in [-0.15, -0.1) is 0 Å². The number of rotatable bonds is 1. The minimum atomic E-state index is -0.990. The summed E-state index contributed by atoms with van der Waals surface area (Å²) in [5.41, 5.74) is -0.306. The Morgan fingerprint density at radius 2 is 1.91 bits per heavy atom. The molecule has 1 fully saturated rings. The average Bonchev–Trinajstić information content (AvgIpc) is 2.48. The monoisotopic (exact) mass is 309 g/mol. The minimum absolute atomic E-state index is 0.0810. The van der Waals surface area contributed by atoms with Crippen LogP contribution >= 0.6 is 0 Å². The molecular weight excluding hydrogens is 286 g/mol. The lowest BCUT2D eigenvalue weighted by atomic mass is 10.2. The highest BCUT2D eigenvalue weighted by Gasteiger charge is 2.22. The Balaban J connectivity index is 0.000000235. The summed E-state index contributed by atoms with van der Waals surface area (Å²) in [5.74, 6) is -0.990. The third kappa shape index (κ3) is 7.03. The number of carboxylic acids is 1. The molecule has 0 radical (unpaired) electrons. The van der Waals surface area contributed by atoms with Crippen LogP contribution in [0.15, 0.2) is 24.4 Å². The molecule has 2 N–H and O–H groups in total. The van der Waals surface area contributed by atoms with Gasteiger partial charge in [-0.2, -0.15) is 0 Å². The van der Waals surface area contributed by atoms with E-state index in [9.17, 15) is 9.59 Å². The fraction of sp³-hybridized carbons (Fsp3) is 0.533. The van der Waals surface area contributed by atoms with Gasteiger partial charge in [-0.25, -0.2) is 14.6 Å². The number of piperazine rings is 1. The first-order valence-corrected chi connectivity index (χ1v) is 7.12. The smallest absolute Gasteiger partial charge is 0.410 e. The standard InChI is InChI=1S/C9H18N2O2.C6H5NO2/c1-9(2,3)13-8(12)11-6-4-10-5-7-11;8-6(9)5-3-1-2-4-7-5/h10H,4-7H2,1-3H3;1-4H,(H,8,9). The highest BCUT2D eigenvalue weighted by molar-refractivity contribution is 5.85. The summed E-state index contributed by atoms with van der Waals surface area (Å²) in [6.45, 7) is 8.86. The van der Waals surface area contributed by atoms with Gasteiger partial charge in [0.15, 0.2) is 0 Å². The summed E-state index contributed by atoms with van der Waals surface area (Å²) in [4.78, 5) is 26.9. The van der Waals surface area contributed by atoms with E-state index < -0.39 is 5.97 Å². The lowest BCUT2D eigenvalue weighted by molar-refractivity contribution is 0.0228. The third-order valence-corrected chi connectivity index (χ3v) is 2.65. The van der Waals surface area contributed by atoms with Crippen molar-refractivity contribution >= 4 is 12.1 Å². The van der Waals surface area contributed by atoms with E-state index in [2.05, 4.69) is 10.3 Å². The lowest BCUT2D eigenvalue weighted by Gasteiger charge is -2.30. The minimum Gasteiger partial charge on any atom is -0.477 e. The molecule has 0 unspecified atom stereocenters. The maximum atomic E-state index is 11.5. The Morgan fingerprint density at radius 3 is 2.32 bits per heavy atom. The number of nitrogens with one attached hydrogen (secondary N) is 1. The Hall–Kier alpha value is -2.15. The van der Waals surface area contributed by atoms with Crippen molar-refractivity contribution in [3.8, 4) is 0 Å². The molecule has 2 rings (SSSR count). The first-order chi connectivity index (χ1) is 10.3. The molecule has 0 spiro atoms. The van der Waals surface area contributed by atoms with Crippen molar-refractivity contribution in [1.82, 2.24) is 15.2 Å². The number of hydrogen-bond donors (Lipinski definition) is 2. The average molecular weight is 309 g/mol. The molecule has 1 aromatic heterocycles. The molecule has 0 bridgehead atoms. The van der Waals surface area contributed by atoms with E-state index in [4.69, 9.17) is 9.84 Å². The summed E-state index contributed by atoms with van der Waals surface area (Å²) >= 11 is 0. The second-order valence-corrected chi connectivity index (χ2v) is 5.74. The van der Waals surface area contributed by atoms with Gasteiger partial charge >= 0.3 is 12.1 Å². The lowest BCUT2D eigenvalue weighted by Crippen LogP contribution is -2.48. The predicted octanol–water partition coefficient (Wildman–Crippen LogP) is 1.61. The summed E-state index contributed by atoms with van der Waals surface area (Å²) in [6, 6.07) is 4.76. The van der Waals surface area contributed by atoms with Gasteiger partial charge in [0.2, 0.25) is 0 Å². The van der Waals surface area contributed by atoms with Crippen LogP contribution in [0, 0.1) is 0 Å². The number of hydrogen-bond acceptors (Lipinski definition) is 5. The molecule has 7 nitrogen and oxygen atoms in total. The molecular formula is C15H23N3O4. The fourth-order valence-corrected chi connectivity index (χ4v) is 1.66.